The van der Waals surface area contributed by atoms with Crippen LogP contribution in [0.5, 0.6) is 5.75 Å². The minimum absolute atomic E-state index is 0.0874. The van der Waals surface area contributed by atoms with E-state index in [4.69, 9.17) is 4.74 Å². The number of anilines is 3. The van der Waals surface area contributed by atoms with E-state index < -0.39 is 12.7 Å². The fourth-order valence-corrected chi connectivity index (χ4v) is 5.90. The molecule has 0 aliphatic heterocycles. The van der Waals surface area contributed by atoms with E-state index in [9.17, 15) is 22.8 Å². The average Bonchev–Trinajstić information content (AvgIpc) is 3.44. The van der Waals surface area contributed by atoms with Crippen molar-refractivity contribution in [1.82, 2.24) is 15.2 Å². The molecule has 0 radical (unpaired) electrons. The Balaban J connectivity index is 1.52. The molecule has 0 aliphatic carbocycles. The van der Waals surface area contributed by atoms with Gasteiger partial charge in [-0.05, 0) is 85.7 Å². The number of carbonyl (C=O) groups excluding carboxylic acids is 2. The largest absolute Gasteiger partial charge is 0.495 e. The van der Waals surface area contributed by atoms with Gasteiger partial charge in [0.05, 0.1) is 36.6 Å². The van der Waals surface area contributed by atoms with E-state index in [1.807, 2.05) is 19.1 Å². The van der Waals surface area contributed by atoms with Crippen LogP contribution in [-0.2, 0) is 17.8 Å². The molecule has 0 bridgehead atoms. The van der Waals surface area contributed by atoms with Gasteiger partial charge in [0.1, 0.15) is 12.3 Å². The SMILES string of the molecule is CNc1cccc2c1cc(C#CCNc1cc(C(=O)NC(C)c3ccc(CCNC=O)c(N(C)C(C)C(C)C)c3)ccc1OC)n2CC(F)(F)F. The molecular weight excluding hydrogens is 657 g/mol. The number of fused-ring (bicyclic) bond motifs is 1. The number of nitrogens with one attached hydrogen (secondary N) is 4. The number of alkyl halides is 3. The zero-order valence-electron chi connectivity index (χ0n) is 30.2. The van der Waals surface area contributed by atoms with Gasteiger partial charge >= 0.3 is 6.18 Å². The molecule has 0 fully saturated rings. The van der Waals surface area contributed by atoms with Crippen LogP contribution in [0.25, 0.3) is 10.9 Å². The first kappa shape index (κ1) is 38.5. The number of hydrogen-bond acceptors (Lipinski definition) is 6. The van der Waals surface area contributed by atoms with E-state index in [0.717, 1.165) is 16.8 Å². The van der Waals surface area contributed by atoms with Crippen LogP contribution in [0.2, 0.25) is 0 Å². The lowest BCUT2D eigenvalue weighted by Gasteiger charge is -2.32. The summed E-state index contributed by atoms with van der Waals surface area (Å²) in [5, 5.41) is 12.6. The predicted octanol–water partition coefficient (Wildman–Crippen LogP) is 6.98. The molecule has 9 nitrogen and oxygen atoms in total. The fraction of sp³-hybridized carbons (Fsp3) is 0.385. The molecular formula is C39H47F3N6O3. The van der Waals surface area contributed by atoms with Gasteiger partial charge in [0, 0.05) is 49.0 Å². The molecule has 0 aliphatic rings. The Kier molecular flexibility index (Phi) is 12.9. The van der Waals surface area contributed by atoms with Gasteiger partial charge in [0.15, 0.2) is 0 Å². The molecule has 0 saturated carbocycles. The lowest BCUT2D eigenvalue weighted by atomic mass is 9.98. The van der Waals surface area contributed by atoms with Gasteiger partial charge in [-0.25, -0.2) is 0 Å². The van der Waals surface area contributed by atoms with Crippen molar-refractivity contribution >= 4 is 40.3 Å². The highest BCUT2D eigenvalue weighted by Crippen LogP contribution is 2.31. The minimum atomic E-state index is -4.42. The summed E-state index contributed by atoms with van der Waals surface area (Å²) in [6, 6.07) is 17.9. The summed E-state index contributed by atoms with van der Waals surface area (Å²) in [6.07, 6.45) is -3.06. The van der Waals surface area contributed by atoms with Crippen molar-refractivity contribution < 1.29 is 27.5 Å². The van der Waals surface area contributed by atoms with Crippen LogP contribution >= 0.6 is 0 Å². The first-order valence-electron chi connectivity index (χ1n) is 16.9. The molecule has 4 aromatic rings. The molecule has 0 saturated heterocycles. The van der Waals surface area contributed by atoms with Crippen LogP contribution < -0.4 is 30.9 Å². The second-order valence-electron chi connectivity index (χ2n) is 12.8. The molecule has 2 unspecified atom stereocenters. The number of halogens is 3. The molecule has 0 spiro atoms. The molecule has 3 aromatic carbocycles. The van der Waals surface area contributed by atoms with Crippen molar-refractivity contribution in [3.63, 3.8) is 0 Å². The Morgan fingerprint density at radius 3 is 2.47 bits per heavy atom. The highest BCUT2D eigenvalue weighted by atomic mass is 19.4. The Labute approximate surface area is 297 Å². The maximum atomic E-state index is 13.5. The van der Waals surface area contributed by atoms with Gasteiger partial charge in [-0.15, -0.1) is 0 Å². The number of nitrogens with zero attached hydrogens (tertiary/aromatic N) is 2. The third-order valence-corrected chi connectivity index (χ3v) is 9.13. The van der Waals surface area contributed by atoms with E-state index in [2.05, 4.69) is 71.9 Å². The first-order chi connectivity index (χ1) is 24.3. The summed E-state index contributed by atoms with van der Waals surface area (Å²) in [5.41, 5.74) is 5.35. The standard InChI is InChI=1S/C39H47F3N6O3/c1-25(2)27(4)47(6)36-21-29(14-13-28(36)17-19-44-24-49)26(3)46-38(50)30-15-16-37(51-7)34(20-30)45-18-9-10-31-22-32-33(43-5)11-8-12-35(32)48(31)23-39(40,41)42/h8,11-16,20-22,24-27,43,45H,17-19,23H2,1-7H3,(H,44,49)(H,46,50). The second kappa shape index (κ2) is 17.1. The zero-order chi connectivity index (χ0) is 37.3. The van der Waals surface area contributed by atoms with Gasteiger partial charge in [0.2, 0.25) is 6.41 Å². The lowest BCUT2D eigenvalue weighted by molar-refractivity contribution is -0.140. The Hall–Kier alpha value is -5.31. The summed E-state index contributed by atoms with van der Waals surface area (Å²) < 4.78 is 47.2. The van der Waals surface area contributed by atoms with Gasteiger partial charge in [-0.3, -0.25) is 9.59 Å². The average molecular weight is 705 g/mol. The van der Waals surface area contributed by atoms with Crippen molar-refractivity contribution in [1.29, 1.82) is 0 Å². The summed E-state index contributed by atoms with van der Waals surface area (Å²) in [4.78, 5) is 26.6. The topological polar surface area (TPSA) is 99.7 Å². The van der Waals surface area contributed by atoms with Gasteiger partial charge < -0.3 is 35.5 Å². The molecule has 4 N–H and O–H groups in total. The molecule has 272 valence electrons. The molecule has 51 heavy (non-hydrogen) atoms. The maximum Gasteiger partial charge on any atom is 0.406 e. The van der Waals surface area contributed by atoms with Gasteiger partial charge in [0.25, 0.3) is 5.91 Å². The second-order valence-corrected chi connectivity index (χ2v) is 12.8. The zero-order valence-corrected chi connectivity index (χ0v) is 30.2. The highest BCUT2D eigenvalue weighted by Gasteiger charge is 2.30. The predicted molar refractivity (Wildman–Crippen MR) is 199 cm³/mol. The lowest BCUT2D eigenvalue weighted by Crippen LogP contribution is -2.34. The van der Waals surface area contributed by atoms with Gasteiger partial charge in [-0.2, -0.15) is 13.2 Å². The van der Waals surface area contributed by atoms with Crippen molar-refractivity contribution in [2.24, 2.45) is 5.92 Å². The normalized spacial score (nSPS) is 12.5. The number of carbonyl (C=O) groups is 2. The van der Waals surface area contributed by atoms with Crippen molar-refractivity contribution in [2.45, 2.75) is 58.9 Å². The Bertz CT molecular complexity index is 1890. The number of hydrogen-bond donors (Lipinski definition) is 4. The summed E-state index contributed by atoms with van der Waals surface area (Å²) in [6.45, 7) is 7.88. The molecule has 1 heterocycles. The van der Waals surface area contributed by atoms with Crippen molar-refractivity contribution in [3.8, 4) is 17.6 Å². The molecule has 2 amide bonds. The van der Waals surface area contributed by atoms with Crippen LogP contribution in [0.3, 0.4) is 0 Å². The Morgan fingerprint density at radius 2 is 1.80 bits per heavy atom. The summed E-state index contributed by atoms with van der Waals surface area (Å²) in [5.74, 6) is 6.42. The van der Waals surface area contributed by atoms with E-state index in [1.54, 1.807) is 49.5 Å². The summed E-state index contributed by atoms with van der Waals surface area (Å²) >= 11 is 0. The third kappa shape index (κ3) is 9.69. The van der Waals surface area contributed by atoms with E-state index >= 15 is 0 Å². The molecule has 12 heteroatoms. The highest BCUT2D eigenvalue weighted by molar-refractivity contribution is 5.96. The smallest absolute Gasteiger partial charge is 0.406 e. The molecule has 1 aromatic heterocycles. The number of ether oxygens (including phenoxy) is 1. The summed E-state index contributed by atoms with van der Waals surface area (Å²) in [7, 11) is 5.28. The van der Waals surface area contributed by atoms with Crippen LogP contribution in [0.15, 0.2) is 60.7 Å². The quantitative estimate of drug-likeness (QED) is 0.0606. The third-order valence-electron chi connectivity index (χ3n) is 9.13. The number of aromatic nitrogens is 1. The monoisotopic (exact) mass is 704 g/mol. The van der Waals surface area contributed by atoms with Gasteiger partial charge in [-0.1, -0.05) is 38.0 Å². The van der Waals surface area contributed by atoms with E-state index in [1.165, 1.54) is 11.7 Å². The van der Waals surface area contributed by atoms with Crippen molar-refractivity contribution in [3.05, 3.63) is 83.0 Å². The number of methoxy groups -OCH3 is 1. The van der Waals surface area contributed by atoms with Crippen molar-refractivity contribution in [2.75, 3.05) is 49.8 Å². The van der Waals surface area contributed by atoms with E-state index in [0.29, 0.717) is 58.9 Å². The molecule has 2 atom stereocenters. The number of amides is 2. The Morgan fingerprint density at radius 1 is 1.04 bits per heavy atom. The van der Waals surface area contributed by atoms with Crippen LogP contribution in [0.4, 0.5) is 30.2 Å². The number of benzene rings is 3. The first-order valence-corrected chi connectivity index (χ1v) is 16.9. The van der Waals surface area contributed by atoms with Crippen LogP contribution in [0.1, 0.15) is 60.9 Å². The maximum absolute atomic E-state index is 13.5. The number of rotatable bonds is 15. The fourth-order valence-electron chi connectivity index (χ4n) is 5.90. The van der Waals surface area contributed by atoms with Crippen LogP contribution in [0, 0.1) is 17.8 Å². The van der Waals surface area contributed by atoms with E-state index in [-0.39, 0.29) is 30.2 Å². The van der Waals surface area contributed by atoms with Crippen LogP contribution in [-0.4, -0.2) is 63.4 Å². The minimum Gasteiger partial charge on any atom is -0.495 e. The molecule has 4 rings (SSSR count).